The summed E-state index contributed by atoms with van der Waals surface area (Å²) in [4.78, 5) is 25.1. The first-order valence-electron chi connectivity index (χ1n) is 36.5. The first-order valence-corrected chi connectivity index (χ1v) is 36.5. The Labute approximate surface area is 528 Å². The van der Waals surface area contributed by atoms with Crippen LogP contribution >= 0.6 is 0 Å². The summed E-state index contributed by atoms with van der Waals surface area (Å²) in [6.07, 6.45) is 75.5. The van der Waals surface area contributed by atoms with Crippen molar-refractivity contribution in [1.29, 1.82) is 0 Å². The summed E-state index contributed by atoms with van der Waals surface area (Å²) in [6, 6.07) is -0.833. The predicted molar refractivity (Wildman–Crippen MR) is 361 cm³/mol. The monoisotopic (exact) mass is 1210 g/mol. The van der Waals surface area contributed by atoms with E-state index in [1.54, 1.807) is 6.08 Å². The van der Waals surface area contributed by atoms with E-state index in [0.717, 1.165) is 64.2 Å². The fourth-order valence-electron chi connectivity index (χ4n) is 11.4. The molecule has 6 N–H and O–H groups in total. The molecular weight excluding hydrogens is 1070 g/mol. The predicted octanol–water partition coefficient (Wildman–Crippen LogP) is 18.9. The van der Waals surface area contributed by atoms with Crippen LogP contribution in [0.15, 0.2) is 60.8 Å². The van der Waals surface area contributed by atoms with Gasteiger partial charge < -0.3 is 45.1 Å². The number of ether oxygens (including phenoxy) is 3. The zero-order valence-corrected chi connectivity index (χ0v) is 55.8. The minimum atomic E-state index is -1.58. The van der Waals surface area contributed by atoms with Crippen molar-refractivity contribution in [2.45, 2.75) is 384 Å². The van der Waals surface area contributed by atoms with E-state index in [2.05, 4.69) is 54.8 Å². The molecule has 7 atom stereocenters. The van der Waals surface area contributed by atoms with Crippen molar-refractivity contribution in [3.8, 4) is 0 Å². The number of allylic oxidation sites excluding steroid dienone is 9. The fraction of sp³-hybridized carbons (Fsp3) is 0.840. The van der Waals surface area contributed by atoms with Gasteiger partial charge in [0.15, 0.2) is 6.29 Å². The number of rotatable bonds is 64. The minimum absolute atomic E-state index is 0.00995. The third-order valence-corrected chi connectivity index (χ3v) is 17.2. The lowest BCUT2D eigenvalue weighted by atomic mass is 9.99. The largest absolute Gasteiger partial charge is 0.466 e. The standard InChI is InChI=1S/C75H137NO10/c1-3-5-7-9-11-13-14-15-16-37-40-43-47-51-55-59-63-71(80)84-64-60-56-52-48-44-41-38-35-33-31-29-27-25-23-21-19-17-18-20-22-24-26-28-30-32-34-36-39-42-46-50-54-58-62-70(79)76-67(68(78)61-57-53-49-45-12-10-8-6-4-2)66-85-75-74(83)73(82)72(81)69(65-77)86-75/h4,6,12,21,23,27,29,45,57,61,67-69,72-75,77-78,81-83H,3,5,7-11,13-20,22,24-26,28,30-44,46-56,58-60,62-66H2,1-2H3,(H,76,79)/b6-4+,23-21-,29-27-,45-12+,61-57+. The molecule has 86 heavy (non-hydrogen) atoms. The molecule has 1 heterocycles. The van der Waals surface area contributed by atoms with E-state index in [-0.39, 0.29) is 18.5 Å². The molecule has 7 unspecified atom stereocenters. The average Bonchev–Trinajstić information content (AvgIpc) is 3.02. The second-order valence-electron chi connectivity index (χ2n) is 25.3. The fourth-order valence-corrected chi connectivity index (χ4v) is 11.4. The number of aliphatic hydroxyl groups excluding tert-OH is 5. The number of esters is 1. The Morgan fingerprint density at radius 2 is 0.837 bits per heavy atom. The summed E-state index contributed by atoms with van der Waals surface area (Å²) in [7, 11) is 0. The molecular formula is C75H137NO10. The van der Waals surface area contributed by atoms with E-state index in [0.29, 0.717) is 19.4 Å². The number of hydrogen-bond acceptors (Lipinski definition) is 10. The van der Waals surface area contributed by atoms with Crippen molar-refractivity contribution in [3.63, 3.8) is 0 Å². The van der Waals surface area contributed by atoms with Crippen LogP contribution in [-0.2, 0) is 23.8 Å². The van der Waals surface area contributed by atoms with E-state index < -0.39 is 49.5 Å². The quantitative estimate of drug-likeness (QED) is 0.0195. The van der Waals surface area contributed by atoms with Gasteiger partial charge in [-0.05, 0) is 84.0 Å². The number of unbranched alkanes of at least 4 members (excludes halogenated alkanes) is 43. The SMILES string of the molecule is C/C=C/CC/C=C/CC/C=C/C(O)C(COC1OC(CO)C(O)C(O)C1O)NC(=O)CCCCCCCCCCCCCCCCCCC/C=C\C/C=C\CCCCCCCCCCCOC(=O)CCCCCCCCCCCCCCCCCC. The number of carbonyl (C=O) groups excluding carboxylic acids is 2. The second-order valence-corrected chi connectivity index (χ2v) is 25.3. The van der Waals surface area contributed by atoms with Gasteiger partial charge in [-0.2, -0.15) is 0 Å². The average molecular weight is 1210 g/mol. The van der Waals surface area contributed by atoms with Crippen molar-refractivity contribution >= 4 is 11.9 Å². The topological polar surface area (TPSA) is 175 Å². The Balaban J connectivity index is 1.90. The van der Waals surface area contributed by atoms with Gasteiger partial charge in [0.25, 0.3) is 0 Å². The van der Waals surface area contributed by atoms with E-state index >= 15 is 0 Å². The first kappa shape index (κ1) is 81.4. The highest BCUT2D eigenvalue weighted by molar-refractivity contribution is 5.76. The van der Waals surface area contributed by atoms with E-state index in [4.69, 9.17) is 14.2 Å². The van der Waals surface area contributed by atoms with Crippen molar-refractivity contribution in [1.82, 2.24) is 5.32 Å². The summed E-state index contributed by atoms with van der Waals surface area (Å²) < 4.78 is 16.7. The van der Waals surface area contributed by atoms with Crippen LogP contribution < -0.4 is 5.32 Å². The minimum Gasteiger partial charge on any atom is -0.466 e. The summed E-state index contributed by atoms with van der Waals surface area (Å²) >= 11 is 0. The van der Waals surface area contributed by atoms with E-state index in [1.165, 1.54) is 250 Å². The lowest BCUT2D eigenvalue weighted by molar-refractivity contribution is -0.302. The third kappa shape index (κ3) is 52.2. The molecule has 1 aliphatic heterocycles. The summed E-state index contributed by atoms with van der Waals surface area (Å²) in [5.41, 5.74) is 0. The van der Waals surface area contributed by atoms with Gasteiger partial charge in [0.05, 0.1) is 32.0 Å². The first-order chi connectivity index (χ1) is 42.2. The molecule has 1 rings (SSSR count). The third-order valence-electron chi connectivity index (χ3n) is 17.2. The lowest BCUT2D eigenvalue weighted by Crippen LogP contribution is -2.60. The molecule has 0 aromatic rings. The van der Waals surface area contributed by atoms with Crippen molar-refractivity contribution in [2.24, 2.45) is 0 Å². The molecule has 0 saturated carbocycles. The zero-order chi connectivity index (χ0) is 62.3. The Hall–Kier alpha value is -2.64. The van der Waals surface area contributed by atoms with Crippen LogP contribution in [0, 0.1) is 0 Å². The maximum Gasteiger partial charge on any atom is 0.305 e. The summed E-state index contributed by atoms with van der Waals surface area (Å²) in [5, 5.41) is 54.2. The lowest BCUT2D eigenvalue weighted by Gasteiger charge is -2.40. The highest BCUT2D eigenvalue weighted by Crippen LogP contribution is 2.23. The Morgan fingerprint density at radius 1 is 0.453 bits per heavy atom. The molecule has 0 bridgehead atoms. The molecule has 11 nitrogen and oxygen atoms in total. The summed E-state index contributed by atoms with van der Waals surface area (Å²) in [5.74, 6) is -0.187. The molecule has 0 spiro atoms. The smallest absolute Gasteiger partial charge is 0.305 e. The highest BCUT2D eigenvalue weighted by Gasteiger charge is 2.44. The number of amides is 1. The van der Waals surface area contributed by atoms with Crippen molar-refractivity contribution in [2.75, 3.05) is 19.8 Å². The Bertz CT molecular complexity index is 1610. The highest BCUT2D eigenvalue weighted by atomic mass is 16.7. The van der Waals surface area contributed by atoms with E-state index in [1.807, 2.05) is 19.1 Å². The van der Waals surface area contributed by atoms with Gasteiger partial charge in [0, 0.05) is 12.8 Å². The Morgan fingerprint density at radius 3 is 1.28 bits per heavy atom. The van der Waals surface area contributed by atoms with Crippen LogP contribution in [0.3, 0.4) is 0 Å². The number of carbonyl (C=O) groups is 2. The molecule has 1 fully saturated rings. The van der Waals surface area contributed by atoms with Crippen LogP contribution in [0.25, 0.3) is 0 Å². The van der Waals surface area contributed by atoms with Gasteiger partial charge in [-0.25, -0.2) is 0 Å². The molecule has 11 heteroatoms. The molecule has 1 saturated heterocycles. The van der Waals surface area contributed by atoms with Crippen LogP contribution in [0.1, 0.15) is 341 Å². The maximum atomic E-state index is 13.0. The van der Waals surface area contributed by atoms with Gasteiger partial charge in [0.1, 0.15) is 24.4 Å². The van der Waals surface area contributed by atoms with Crippen LogP contribution in [0.4, 0.5) is 0 Å². The van der Waals surface area contributed by atoms with Crippen LogP contribution in [0.5, 0.6) is 0 Å². The van der Waals surface area contributed by atoms with Gasteiger partial charge in [-0.15, -0.1) is 0 Å². The maximum absolute atomic E-state index is 13.0. The molecule has 0 aromatic carbocycles. The normalized spacial score (nSPS) is 18.2. The molecule has 0 aromatic heterocycles. The van der Waals surface area contributed by atoms with Crippen LogP contribution in [-0.4, -0.2) is 100 Å². The van der Waals surface area contributed by atoms with Gasteiger partial charge in [-0.3, -0.25) is 9.59 Å². The molecule has 502 valence electrons. The molecule has 0 radical (unpaired) electrons. The van der Waals surface area contributed by atoms with Gasteiger partial charge in [-0.1, -0.05) is 305 Å². The van der Waals surface area contributed by atoms with Gasteiger partial charge in [0.2, 0.25) is 5.91 Å². The summed E-state index contributed by atoms with van der Waals surface area (Å²) in [6.45, 7) is 4.12. The van der Waals surface area contributed by atoms with Crippen molar-refractivity contribution in [3.05, 3.63) is 60.8 Å². The molecule has 0 aliphatic carbocycles. The molecule has 1 amide bonds. The second kappa shape index (κ2) is 63.9. The van der Waals surface area contributed by atoms with Gasteiger partial charge >= 0.3 is 5.97 Å². The number of hydrogen-bond donors (Lipinski definition) is 6. The number of nitrogens with one attached hydrogen (secondary N) is 1. The van der Waals surface area contributed by atoms with E-state index in [9.17, 15) is 35.1 Å². The Kier molecular flexibility index (Phi) is 60.5. The van der Waals surface area contributed by atoms with Crippen LogP contribution in [0.2, 0.25) is 0 Å². The zero-order valence-electron chi connectivity index (χ0n) is 55.8. The van der Waals surface area contributed by atoms with Crippen molar-refractivity contribution < 1.29 is 49.3 Å². The molecule has 1 aliphatic rings. The number of aliphatic hydroxyl groups is 5.